The molecule has 3 N–H and O–H groups in total. The van der Waals surface area contributed by atoms with Crippen molar-refractivity contribution >= 4 is 5.91 Å². The summed E-state index contributed by atoms with van der Waals surface area (Å²) in [5.41, 5.74) is 6.10. The average molecular weight is 539 g/mol. The molecule has 212 valence electrons. The maximum Gasteiger partial charge on any atom is 0.258 e. The molecule has 39 heavy (non-hydrogen) atoms. The zero-order chi connectivity index (χ0) is 28.4. The zero-order valence-corrected chi connectivity index (χ0v) is 23.8. The van der Waals surface area contributed by atoms with Crippen LogP contribution < -0.4 is 10.1 Å². The Morgan fingerprint density at radius 1 is 1.08 bits per heavy atom. The van der Waals surface area contributed by atoms with Gasteiger partial charge in [0.15, 0.2) is 0 Å². The third kappa shape index (κ3) is 8.36. The van der Waals surface area contributed by atoms with Gasteiger partial charge in [-0.05, 0) is 79.4 Å². The SMILES string of the molecule is CCCc1cc(CN(CC)CC)cc(-c2nc(-c3cc(C)c(OCC(O)CNC(=O)CO)c(CC)c3)no2)c1. The van der Waals surface area contributed by atoms with Gasteiger partial charge in [0.1, 0.15) is 25.1 Å². The minimum absolute atomic E-state index is 0.000288. The molecule has 9 nitrogen and oxygen atoms in total. The van der Waals surface area contributed by atoms with E-state index in [1.807, 2.05) is 26.0 Å². The van der Waals surface area contributed by atoms with Crippen LogP contribution in [0.1, 0.15) is 56.4 Å². The van der Waals surface area contributed by atoms with Gasteiger partial charge in [-0.15, -0.1) is 0 Å². The van der Waals surface area contributed by atoms with Gasteiger partial charge < -0.3 is 24.8 Å². The fourth-order valence-corrected chi connectivity index (χ4v) is 4.55. The van der Waals surface area contributed by atoms with Crippen LogP contribution in [0.15, 0.2) is 34.9 Å². The number of benzene rings is 2. The van der Waals surface area contributed by atoms with E-state index in [9.17, 15) is 9.90 Å². The number of aliphatic hydroxyl groups excluding tert-OH is 2. The second-order valence-corrected chi connectivity index (χ2v) is 9.73. The van der Waals surface area contributed by atoms with E-state index < -0.39 is 18.6 Å². The van der Waals surface area contributed by atoms with Gasteiger partial charge in [0.05, 0.1) is 0 Å². The molecule has 3 rings (SSSR count). The van der Waals surface area contributed by atoms with Crippen LogP contribution in [-0.4, -0.2) is 70.1 Å². The molecular weight excluding hydrogens is 496 g/mol. The van der Waals surface area contributed by atoms with Crippen LogP contribution in [0.3, 0.4) is 0 Å². The van der Waals surface area contributed by atoms with E-state index in [0.717, 1.165) is 54.7 Å². The Morgan fingerprint density at radius 3 is 2.49 bits per heavy atom. The van der Waals surface area contributed by atoms with E-state index in [2.05, 4.69) is 54.3 Å². The van der Waals surface area contributed by atoms with E-state index in [1.54, 1.807) is 0 Å². The molecule has 0 radical (unpaired) electrons. The average Bonchev–Trinajstić information content (AvgIpc) is 3.44. The molecule has 0 aliphatic heterocycles. The van der Waals surface area contributed by atoms with Gasteiger partial charge in [0.25, 0.3) is 5.89 Å². The van der Waals surface area contributed by atoms with Crippen molar-refractivity contribution in [3.8, 4) is 28.6 Å². The molecule has 0 bridgehead atoms. The highest BCUT2D eigenvalue weighted by Gasteiger charge is 2.17. The standard InChI is InChI=1S/C30H42N4O5/c1-6-10-21-12-22(17-34(8-3)9-4)14-25(13-21)30-32-29(33-39-30)24-11-20(5)28(23(7-2)15-24)38-19-26(36)16-31-27(37)18-35/h11-15,26,35-36H,6-10,16-19H2,1-5H3,(H,31,37). The van der Waals surface area contributed by atoms with E-state index in [1.165, 1.54) is 11.1 Å². The summed E-state index contributed by atoms with van der Waals surface area (Å²) in [7, 11) is 0. The molecule has 1 atom stereocenters. The highest BCUT2D eigenvalue weighted by molar-refractivity contribution is 5.76. The van der Waals surface area contributed by atoms with Crippen LogP contribution in [0.4, 0.5) is 0 Å². The van der Waals surface area contributed by atoms with Crippen molar-refractivity contribution in [1.29, 1.82) is 0 Å². The lowest BCUT2D eigenvalue weighted by Crippen LogP contribution is -2.36. The number of hydrogen-bond acceptors (Lipinski definition) is 8. The molecule has 2 aromatic carbocycles. The molecule has 1 unspecified atom stereocenters. The van der Waals surface area contributed by atoms with E-state index >= 15 is 0 Å². The van der Waals surface area contributed by atoms with Crippen molar-refractivity contribution in [3.63, 3.8) is 0 Å². The molecule has 1 amide bonds. The van der Waals surface area contributed by atoms with Crippen LogP contribution >= 0.6 is 0 Å². The molecule has 1 heterocycles. The third-order valence-corrected chi connectivity index (χ3v) is 6.65. The maximum absolute atomic E-state index is 11.2. The number of nitrogens with one attached hydrogen (secondary N) is 1. The summed E-state index contributed by atoms with van der Waals surface area (Å²) < 4.78 is 11.7. The normalized spacial score (nSPS) is 12.1. The number of carbonyl (C=O) groups is 1. The summed E-state index contributed by atoms with van der Waals surface area (Å²) in [6, 6.07) is 10.5. The molecule has 1 aromatic heterocycles. The van der Waals surface area contributed by atoms with Crippen LogP contribution in [-0.2, 0) is 24.2 Å². The zero-order valence-electron chi connectivity index (χ0n) is 23.8. The number of hydrogen-bond donors (Lipinski definition) is 3. The Hall–Kier alpha value is -3.27. The van der Waals surface area contributed by atoms with Crippen molar-refractivity contribution in [2.75, 3.05) is 32.8 Å². The second kappa shape index (κ2) is 14.8. The van der Waals surface area contributed by atoms with Gasteiger partial charge in [0, 0.05) is 24.2 Å². The first kappa shape index (κ1) is 30.3. The second-order valence-electron chi connectivity index (χ2n) is 9.73. The number of rotatable bonds is 15. The van der Waals surface area contributed by atoms with Crippen molar-refractivity contribution in [2.45, 2.75) is 66.5 Å². The van der Waals surface area contributed by atoms with Crippen LogP contribution in [0.2, 0.25) is 0 Å². The fourth-order valence-electron chi connectivity index (χ4n) is 4.55. The molecule has 0 aliphatic rings. The molecular formula is C30H42N4O5. The number of ether oxygens (including phenoxy) is 1. The Balaban J connectivity index is 1.83. The summed E-state index contributed by atoms with van der Waals surface area (Å²) in [4.78, 5) is 18.3. The van der Waals surface area contributed by atoms with Gasteiger partial charge in [-0.1, -0.05) is 45.3 Å². The Kier molecular flexibility index (Phi) is 11.5. The van der Waals surface area contributed by atoms with E-state index in [0.29, 0.717) is 23.9 Å². The highest BCUT2D eigenvalue weighted by atomic mass is 16.5. The molecule has 0 fully saturated rings. The Bertz CT molecular complexity index is 1220. The summed E-state index contributed by atoms with van der Waals surface area (Å²) in [5.74, 6) is 1.14. The van der Waals surface area contributed by atoms with Gasteiger partial charge in [0.2, 0.25) is 11.7 Å². The molecule has 9 heteroatoms. The van der Waals surface area contributed by atoms with Gasteiger partial charge >= 0.3 is 0 Å². The predicted molar refractivity (Wildman–Crippen MR) is 152 cm³/mol. The van der Waals surface area contributed by atoms with Crippen molar-refractivity contribution in [1.82, 2.24) is 20.4 Å². The number of amides is 1. The maximum atomic E-state index is 11.2. The minimum Gasteiger partial charge on any atom is -0.490 e. The quantitative estimate of drug-likeness (QED) is 0.266. The smallest absolute Gasteiger partial charge is 0.258 e. The number of aliphatic hydroxyl groups is 2. The van der Waals surface area contributed by atoms with E-state index in [4.69, 9.17) is 19.4 Å². The lowest BCUT2D eigenvalue weighted by Gasteiger charge is -2.19. The van der Waals surface area contributed by atoms with Crippen molar-refractivity contribution < 1.29 is 24.3 Å². The summed E-state index contributed by atoms with van der Waals surface area (Å²) in [6.45, 7) is 12.7. The van der Waals surface area contributed by atoms with Crippen LogP contribution in [0.5, 0.6) is 5.75 Å². The van der Waals surface area contributed by atoms with Crippen LogP contribution in [0, 0.1) is 6.92 Å². The number of nitrogens with zero attached hydrogens (tertiary/aromatic N) is 3. The fraction of sp³-hybridized carbons (Fsp3) is 0.500. The summed E-state index contributed by atoms with van der Waals surface area (Å²) in [5, 5.41) is 25.7. The first-order valence-electron chi connectivity index (χ1n) is 13.8. The Morgan fingerprint density at radius 2 is 1.82 bits per heavy atom. The van der Waals surface area contributed by atoms with Gasteiger partial charge in [-0.3, -0.25) is 9.69 Å². The number of carbonyl (C=O) groups excluding carboxylic acids is 1. The molecule has 0 spiro atoms. The number of aryl methyl sites for hydroxylation is 3. The Labute approximate surface area is 231 Å². The highest BCUT2D eigenvalue weighted by Crippen LogP contribution is 2.32. The minimum atomic E-state index is -0.904. The first-order valence-corrected chi connectivity index (χ1v) is 13.8. The molecule has 3 aromatic rings. The van der Waals surface area contributed by atoms with Crippen molar-refractivity contribution in [3.05, 3.63) is 52.6 Å². The molecule has 0 saturated carbocycles. The monoisotopic (exact) mass is 538 g/mol. The largest absolute Gasteiger partial charge is 0.490 e. The van der Waals surface area contributed by atoms with Gasteiger partial charge in [-0.2, -0.15) is 4.98 Å². The number of aromatic nitrogens is 2. The third-order valence-electron chi connectivity index (χ3n) is 6.65. The van der Waals surface area contributed by atoms with E-state index in [-0.39, 0.29) is 13.2 Å². The summed E-state index contributed by atoms with van der Waals surface area (Å²) >= 11 is 0. The topological polar surface area (TPSA) is 121 Å². The van der Waals surface area contributed by atoms with Crippen molar-refractivity contribution in [2.24, 2.45) is 0 Å². The summed E-state index contributed by atoms with van der Waals surface area (Å²) in [6.07, 6.45) is 1.85. The lowest BCUT2D eigenvalue weighted by molar-refractivity contribution is -0.124. The van der Waals surface area contributed by atoms with Crippen LogP contribution in [0.25, 0.3) is 22.8 Å². The molecule has 0 saturated heterocycles. The van der Waals surface area contributed by atoms with Gasteiger partial charge in [-0.25, -0.2) is 0 Å². The lowest BCUT2D eigenvalue weighted by atomic mass is 10.0. The first-order chi connectivity index (χ1) is 18.8. The predicted octanol–water partition coefficient (Wildman–Crippen LogP) is 3.92. The molecule has 0 aliphatic carbocycles.